The summed E-state index contributed by atoms with van der Waals surface area (Å²) in [6, 6.07) is 16.4. The first-order chi connectivity index (χ1) is 14.2. The molecule has 0 aliphatic heterocycles. The van der Waals surface area contributed by atoms with E-state index in [1.165, 1.54) is 4.90 Å². The fourth-order valence-corrected chi connectivity index (χ4v) is 3.64. The predicted octanol–water partition coefficient (Wildman–Crippen LogP) is 3.80. The fourth-order valence-electron chi connectivity index (χ4n) is 3.64. The van der Waals surface area contributed by atoms with Gasteiger partial charge in [-0.15, -0.1) is 6.42 Å². The summed E-state index contributed by atoms with van der Waals surface area (Å²) in [7, 11) is 1.96. The number of para-hydroxylation sites is 1. The van der Waals surface area contributed by atoms with Crippen LogP contribution in [0.4, 0.5) is 0 Å². The highest BCUT2D eigenvalue weighted by molar-refractivity contribution is 5.97. The Morgan fingerprint density at radius 1 is 1.10 bits per heavy atom. The molecule has 0 saturated carbocycles. The molecule has 30 heavy (non-hydrogen) atoms. The maximum atomic E-state index is 13.3. The number of rotatable bonds is 5. The molecule has 2 amide bonds. The number of carbonyl (C=O) groups excluding carboxylic acids is 2. The second-order valence-electron chi connectivity index (χ2n) is 8.41. The van der Waals surface area contributed by atoms with Gasteiger partial charge in [-0.05, 0) is 43.9 Å². The zero-order valence-electron chi connectivity index (χ0n) is 17.8. The third kappa shape index (κ3) is 4.55. The van der Waals surface area contributed by atoms with Crippen molar-refractivity contribution in [2.45, 2.75) is 38.9 Å². The molecule has 0 fully saturated rings. The molecule has 1 N–H and O–H groups in total. The van der Waals surface area contributed by atoms with E-state index in [-0.39, 0.29) is 12.5 Å². The molecule has 0 saturated heterocycles. The van der Waals surface area contributed by atoms with E-state index in [9.17, 15) is 9.59 Å². The Morgan fingerprint density at radius 2 is 1.73 bits per heavy atom. The molecule has 3 rings (SSSR count). The minimum absolute atomic E-state index is 0.224. The number of terminal acetylenes is 1. The molecule has 0 aliphatic rings. The van der Waals surface area contributed by atoms with Gasteiger partial charge in [0.05, 0.1) is 0 Å². The van der Waals surface area contributed by atoms with Crippen LogP contribution in [0.1, 0.15) is 37.9 Å². The maximum absolute atomic E-state index is 13.3. The van der Waals surface area contributed by atoms with E-state index < -0.39 is 17.5 Å². The number of aryl methyl sites for hydroxylation is 1. The minimum atomic E-state index is -0.840. The molecule has 1 unspecified atom stereocenters. The molecular weight excluding hydrogens is 374 g/mol. The van der Waals surface area contributed by atoms with Crippen LogP contribution in [0.2, 0.25) is 0 Å². The largest absolute Gasteiger partial charge is 0.350 e. The molecule has 3 aromatic rings. The molecule has 5 heteroatoms. The molecule has 0 bridgehead atoms. The van der Waals surface area contributed by atoms with Gasteiger partial charge in [-0.1, -0.05) is 48.5 Å². The van der Waals surface area contributed by atoms with Crippen molar-refractivity contribution in [3.8, 4) is 12.3 Å². The number of hydrogen-bond acceptors (Lipinski definition) is 2. The number of benzene rings is 2. The van der Waals surface area contributed by atoms with Gasteiger partial charge in [0.25, 0.3) is 5.91 Å². The van der Waals surface area contributed by atoms with Crippen molar-refractivity contribution in [1.29, 1.82) is 0 Å². The maximum Gasteiger partial charge on any atom is 0.299 e. The van der Waals surface area contributed by atoms with Crippen molar-refractivity contribution in [2.75, 3.05) is 0 Å². The molecule has 0 aliphatic carbocycles. The second kappa shape index (κ2) is 8.46. The Morgan fingerprint density at radius 3 is 2.37 bits per heavy atom. The standard InChI is InChI=1S/C25H27N3O2/c1-6-22(29)28(17-19-16-27(5)21-15-11-10-14-20(19)21)23(18-12-8-7-9-13-18)24(30)26-25(2,3)4/h1,7-16,23H,17H2,2-5H3,(H,26,30). The molecule has 154 valence electrons. The zero-order chi connectivity index (χ0) is 21.9. The first kappa shape index (κ1) is 21.2. The van der Waals surface area contributed by atoms with Crippen molar-refractivity contribution in [1.82, 2.24) is 14.8 Å². The van der Waals surface area contributed by atoms with Gasteiger partial charge >= 0.3 is 0 Å². The summed E-state index contributed by atoms with van der Waals surface area (Å²) >= 11 is 0. The highest BCUT2D eigenvalue weighted by Gasteiger charge is 2.33. The Kier molecular flexibility index (Phi) is 5.98. The van der Waals surface area contributed by atoms with E-state index in [2.05, 4.69) is 11.2 Å². The van der Waals surface area contributed by atoms with Crippen LogP contribution in [-0.2, 0) is 23.2 Å². The molecule has 2 aromatic carbocycles. The highest BCUT2D eigenvalue weighted by atomic mass is 16.2. The SMILES string of the molecule is C#CC(=O)N(Cc1cn(C)c2ccccc12)C(C(=O)NC(C)(C)C)c1ccccc1. The lowest BCUT2D eigenvalue weighted by Crippen LogP contribution is -2.48. The Labute approximate surface area is 177 Å². The van der Waals surface area contributed by atoms with Gasteiger partial charge in [-0.25, -0.2) is 0 Å². The summed E-state index contributed by atoms with van der Waals surface area (Å²) in [5.74, 6) is 1.42. The van der Waals surface area contributed by atoms with E-state index in [0.717, 1.165) is 16.5 Å². The lowest BCUT2D eigenvalue weighted by Gasteiger charge is -2.32. The van der Waals surface area contributed by atoms with E-state index in [1.807, 2.05) is 93.2 Å². The number of fused-ring (bicyclic) bond motifs is 1. The van der Waals surface area contributed by atoms with Gasteiger partial charge in [-0.2, -0.15) is 0 Å². The molecule has 1 atom stereocenters. The van der Waals surface area contributed by atoms with Crippen LogP contribution in [0.15, 0.2) is 60.8 Å². The Hall–Kier alpha value is -3.52. The van der Waals surface area contributed by atoms with Crippen LogP contribution >= 0.6 is 0 Å². The van der Waals surface area contributed by atoms with Crippen molar-refractivity contribution in [3.63, 3.8) is 0 Å². The van der Waals surface area contributed by atoms with E-state index >= 15 is 0 Å². The van der Waals surface area contributed by atoms with Crippen LogP contribution in [0, 0.1) is 12.3 Å². The Bertz CT molecular complexity index is 1100. The summed E-state index contributed by atoms with van der Waals surface area (Å²) in [5, 5.41) is 4.02. The van der Waals surface area contributed by atoms with E-state index in [0.29, 0.717) is 5.56 Å². The number of aromatic nitrogens is 1. The summed E-state index contributed by atoms with van der Waals surface area (Å²) in [6.07, 6.45) is 7.49. The lowest BCUT2D eigenvalue weighted by molar-refractivity contribution is -0.138. The summed E-state index contributed by atoms with van der Waals surface area (Å²) in [5.41, 5.74) is 2.24. The topological polar surface area (TPSA) is 54.3 Å². The van der Waals surface area contributed by atoms with Gasteiger partial charge < -0.3 is 14.8 Å². The van der Waals surface area contributed by atoms with Crippen LogP contribution < -0.4 is 5.32 Å². The average Bonchev–Trinajstić information content (AvgIpc) is 3.02. The van der Waals surface area contributed by atoms with Gasteiger partial charge in [0.15, 0.2) is 0 Å². The Balaban J connectivity index is 2.08. The van der Waals surface area contributed by atoms with Crippen LogP contribution in [0.3, 0.4) is 0 Å². The normalized spacial score (nSPS) is 12.2. The summed E-state index contributed by atoms with van der Waals surface area (Å²) in [6.45, 7) is 5.95. The molecule has 0 spiro atoms. The van der Waals surface area contributed by atoms with Crippen molar-refractivity contribution < 1.29 is 9.59 Å². The quantitative estimate of drug-likeness (QED) is 0.661. The lowest BCUT2D eigenvalue weighted by atomic mass is 10.0. The van der Waals surface area contributed by atoms with Crippen molar-refractivity contribution >= 4 is 22.7 Å². The molecule has 0 radical (unpaired) electrons. The van der Waals surface area contributed by atoms with Gasteiger partial charge in [-0.3, -0.25) is 9.59 Å². The third-order valence-electron chi connectivity index (χ3n) is 4.88. The average molecular weight is 402 g/mol. The first-order valence-corrected chi connectivity index (χ1v) is 9.88. The highest BCUT2D eigenvalue weighted by Crippen LogP contribution is 2.28. The third-order valence-corrected chi connectivity index (χ3v) is 4.88. The molecule has 1 heterocycles. The van der Waals surface area contributed by atoms with E-state index in [4.69, 9.17) is 6.42 Å². The number of hydrogen-bond donors (Lipinski definition) is 1. The smallest absolute Gasteiger partial charge is 0.299 e. The number of nitrogens with one attached hydrogen (secondary N) is 1. The van der Waals surface area contributed by atoms with Crippen LogP contribution in [-0.4, -0.2) is 26.8 Å². The van der Waals surface area contributed by atoms with Gasteiger partial charge in [0.2, 0.25) is 5.91 Å². The molecule has 1 aromatic heterocycles. The van der Waals surface area contributed by atoms with E-state index in [1.54, 1.807) is 0 Å². The fraction of sp³-hybridized carbons (Fsp3) is 0.280. The number of nitrogens with zero attached hydrogens (tertiary/aromatic N) is 2. The van der Waals surface area contributed by atoms with Crippen LogP contribution in [0.5, 0.6) is 0 Å². The predicted molar refractivity (Wildman–Crippen MR) is 119 cm³/mol. The van der Waals surface area contributed by atoms with Crippen LogP contribution in [0.25, 0.3) is 10.9 Å². The monoisotopic (exact) mass is 401 g/mol. The van der Waals surface area contributed by atoms with Gasteiger partial charge in [0, 0.05) is 36.2 Å². The minimum Gasteiger partial charge on any atom is -0.350 e. The first-order valence-electron chi connectivity index (χ1n) is 9.88. The molecule has 5 nitrogen and oxygen atoms in total. The summed E-state index contributed by atoms with van der Waals surface area (Å²) < 4.78 is 2.01. The zero-order valence-corrected chi connectivity index (χ0v) is 17.8. The second-order valence-corrected chi connectivity index (χ2v) is 8.41. The summed E-state index contributed by atoms with van der Waals surface area (Å²) in [4.78, 5) is 27.6. The van der Waals surface area contributed by atoms with Crippen molar-refractivity contribution in [2.24, 2.45) is 7.05 Å². The van der Waals surface area contributed by atoms with Crippen molar-refractivity contribution in [3.05, 3.63) is 71.9 Å². The van der Waals surface area contributed by atoms with Gasteiger partial charge in [0.1, 0.15) is 6.04 Å². The molecular formula is C25H27N3O2. The number of amides is 2. The number of carbonyl (C=O) groups is 2.